The van der Waals surface area contributed by atoms with Crippen molar-refractivity contribution in [3.8, 4) is 0 Å². The minimum absolute atomic E-state index is 0.258. The molecule has 2 heterocycles. The van der Waals surface area contributed by atoms with E-state index in [1.165, 1.54) is 12.4 Å². The molecule has 1 fully saturated rings. The predicted octanol–water partition coefficient (Wildman–Crippen LogP) is 2.93. The molecule has 1 aliphatic heterocycles. The van der Waals surface area contributed by atoms with E-state index < -0.39 is 12.3 Å². The molecule has 0 aliphatic carbocycles. The summed E-state index contributed by atoms with van der Waals surface area (Å²) in [5, 5.41) is 13.4. The van der Waals surface area contributed by atoms with E-state index in [9.17, 15) is 9.18 Å². The maximum atomic E-state index is 14.1. The maximum Gasteiger partial charge on any atom is 0.334 e. The molecule has 1 aromatic carbocycles. The first-order valence-electron chi connectivity index (χ1n) is 12.0. The van der Waals surface area contributed by atoms with Crippen LogP contribution in [-0.4, -0.2) is 66.3 Å². The van der Waals surface area contributed by atoms with Crippen LogP contribution in [0.2, 0.25) is 0 Å². The highest BCUT2D eigenvalue weighted by atomic mass is 19.1. The summed E-state index contributed by atoms with van der Waals surface area (Å²) < 4.78 is 25.3. The number of carbonyl (C=O) groups excluding carboxylic acids is 1. The minimum atomic E-state index is -1.10. The molecule has 1 aromatic heterocycles. The normalized spacial score (nSPS) is 19.6. The molecule has 1 aliphatic rings. The molecule has 37 heavy (non-hydrogen) atoms. The topological polar surface area (TPSA) is 98.2 Å². The van der Waals surface area contributed by atoms with E-state index in [2.05, 4.69) is 31.9 Å². The number of ether oxygens (including phenoxy) is 1. The van der Waals surface area contributed by atoms with Gasteiger partial charge in [-0.1, -0.05) is 31.2 Å². The van der Waals surface area contributed by atoms with Crippen LogP contribution in [0.25, 0.3) is 0 Å². The third-order valence-corrected chi connectivity index (χ3v) is 5.72. The van der Waals surface area contributed by atoms with Gasteiger partial charge in [-0.2, -0.15) is 10.2 Å². The van der Waals surface area contributed by atoms with Gasteiger partial charge in [0, 0.05) is 31.9 Å². The number of hydrazone groups is 1. The minimum Gasteiger partial charge on any atom is -0.479 e. The fourth-order valence-electron chi connectivity index (χ4n) is 3.75. The molecule has 0 amide bonds. The number of aliphatic imine (C=N–C) groups is 1. The Bertz CT molecular complexity index is 1230. The number of nitrogens with one attached hydrogen (secondary N) is 1. The molecule has 194 valence electrons. The summed E-state index contributed by atoms with van der Waals surface area (Å²) >= 11 is 0. The monoisotopic (exact) mass is 506 g/mol. The Kier molecular flexibility index (Phi) is 10.3. The van der Waals surface area contributed by atoms with Crippen molar-refractivity contribution in [1.82, 2.24) is 19.8 Å². The van der Waals surface area contributed by atoms with Crippen molar-refractivity contribution in [2.45, 2.75) is 38.5 Å². The summed E-state index contributed by atoms with van der Waals surface area (Å²) in [5.74, 6) is 0.0598. The standard InChI is InChI=1S/C27H33FN7O2/c1-5-11-35(23-14-32-34(4)18-23)33-26(19-36)20(2)22-8-6-7-21(12-22)13-31-16-24(15-29-3)37-27-9-10-30-17-25(27)28/h5-8,11-16,18-20,25,27,30H,3,9-10,17H2,1-2,4H3/q+1. The molecule has 0 radical (unpaired) electrons. The third-order valence-electron chi connectivity index (χ3n) is 5.72. The summed E-state index contributed by atoms with van der Waals surface area (Å²) in [6, 6.07) is 7.66. The van der Waals surface area contributed by atoms with E-state index >= 15 is 0 Å². The van der Waals surface area contributed by atoms with Crippen molar-refractivity contribution in [2.24, 2.45) is 17.1 Å². The summed E-state index contributed by atoms with van der Waals surface area (Å²) in [4.78, 5) is 16.3. The molecule has 0 saturated carbocycles. The van der Waals surface area contributed by atoms with Gasteiger partial charge in [-0.25, -0.2) is 9.40 Å². The molecule has 3 unspecified atom stereocenters. The lowest BCUT2D eigenvalue weighted by Crippen LogP contribution is -2.42. The second-order valence-corrected chi connectivity index (χ2v) is 8.52. The van der Waals surface area contributed by atoms with Gasteiger partial charge in [0.15, 0.2) is 6.29 Å². The number of aryl methyl sites for hydroxylation is 1. The molecule has 9 nitrogen and oxygen atoms in total. The fourth-order valence-corrected chi connectivity index (χ4v) is 3.75. The Labute approximate surface area is 216 Å². The van der Waals surface area contributed by atoms with Crippen molar-refractivity contribution in [3.63, 3.8) is 0 Å². The Morgan fingerprint density at radius 3 is 2.97 bits per heavy atom. The van der Waals surface area contributed by atoms with Gasteiger partial charge in [0.2, 0.25) is 5.76 Å². The highest BCUT2D eigenvalue weighted by molar-refractivity contribution is 6.31. The summed E-state index contributed by atoms with van der Waals surface area (Å²) in [6.07, 6.45) is 11.3. The first-order valence-corrected chi connectivity index (χ1v) is 12.0. The van der Waals surface area contributed by atoms with Gasteiger partial charge >= 0.3 is 6.21 Å². The third kappa shape index (κ3) is 7.93. The van der Waals surface area contributed by atoms with Gasteiger partial charge in [0.05, 0.1) is 18.6 Å². The lowest BCUT2D eigenvalue weighted by Gasteiger charge is -2.26. The van der Waals surface area contributed by atoms with Crippen LogP contribution < -0.4 is 15.0 Å². The van der Waals surface area contributed by atoms with Crippen LogP contribution in [0.1, 0.15) is 37.3 Å². The Balaban J connectivity index is 1.78. The number of carbonyl (C=O) groups is 1. The van der Waals surface area contributed by atoms with Crippen LogP contribution in [0.4, 0.5) is 10.1 Å². The van der Waals surface area contributed by atoms with Crippen molar-refractivity contribution in [2.75, 3.05) is 18.1 Å². The summed E-state index contributed by atoms with van der Waals surface area (Å²) in [6.45, 7) is 8.20. The maximum absolute atomic E-state index is 14.1. The predicted molar refractivity (Wildman–Crippen MR) is 147 cm³/mol. The highest BCUT2D eigenvalue weighted by Gasteiger charge is 2.27. The molecule has 1 N–H and O–H groups in total. The number of piperidine rings is 1. The Hall–Kier alpha value is -4.14. The zero-order valence-corrected chi connectivity index (χ0v) is 21.4. The van der Waals surface area contributed by atoms with Gasteiger partial charge < -0.3 is 10.1 Å². The zero-order valence-electron chi connectivity index (χ0n) is 21.4. The SMILES string of the molecule is C=[N+]=CC(=CN=Cc1cccc(C(C)C(C=O)=NN(C=CC)c2cnn(C)c2)c1)OC1CCNCC1F. The number of rotatable bonds is 11. The number of alkyl halides is 1. The first kappa shape index (κ1) is 27.4. The number of halogens is 1. The number of aldehydes is 1. The second kappa shape index (κ2) is 13.8. The quantitative estimate of drug-likeness (QED) is 0.166. The van der Waals surface area contributed by atoms with Crippen LogP contribution in [0.3, 0.4) is 0 Å². The lowest BCUT2D eigenvalue weighted by molar-refractivity contribution is -0.102. The van der Waals surface area contributed by atoms with Crippen LogP contribution in [0.5, 0.6) is 0 Å². The van der Waals surface area contributed by atoms with Crippen molar-refractivity contribution in [1.29, 1.82) is 0 Å². The molecule has 0 spiro atoms. The average molecular weight is 507 g/mol. The molecule has 3 rings (SSSR count). The van der Waals surface area contributed by atoms with E-state index in [-0.39, 0.29) is 12.5 Å². The van der Waals surface area contributed by atoms with Crippen LogP contribution in [0, 0.1) is 0 Å². The van der Waals surface area contributed by atoms with Gasteiger partial charge in [-0.3, -0.25) is 14.5 Å². The largest absolute Gasteiger partial charge is 0.479 e. The van der Waals surface area contributed by atoms with E-state index in [1.54, 1.807) is 28.3 Å². The van der Waals surface area contributed by atoms with Gasteiger partial charge in [0.25, 0.3) is 6.72 Å². The number of hydrogen-bond acceptors (Lipinski definition) is 7. The second-order valence-electron chi connectivity index (χ2n) is 8.52. The molecular formula is C27H33FN7O2+. The first-order chi connectivity index (χ1) is 17.9. The molecule has 2 aromatic rings. The number of nitrogens with zero attached hydrogens (tertiary/aromatic N) is 6. The Morgan fingerprint density at radius 1 is 1.46 bits per heavy atom. The van der Waals surface area contributed by atoms with Crippen molar-refractivity contribution in [3.05, 3.63) is 72.0 Å². The number of aromatic nitrogens is 2. The zero-order chi connectivity index (χ0) is 26.6. The van der Waals surface area contributed by atoms with Crippen LogP contribution in [0.15, 0.2) is 71.0 Å². The number of anilines is 1. The van der Waals surface area contributed by atoms with Gasteiger partial charge in [-0.05, 0) is 37.1 Å². The number of hydrogen-bond donors (Lipinski definition) is 1. The number of benzene rings is 1. The molecule has 3 atom stereocenters. The highest BCUT2D eigenvalue weighted by Crippen LogP contribution is 2.21. The van der Waals surface area contributed by atoms with Gasteiger partial charge in [0.1, 0.15) is 23.7 Å². The van der Waals surface area contributed by atoms with Gasteiger partial charge in [-0.15, -0.1) is 4.67 Å². The Morgan fingerprint density at radius 2 is 2.30 bits per heavy atom. The van der Waals surface area contributed by atoms with Crippen molar-refractivity contribution >= 4 is 36.8 Å². The van der Waals surface area contributed by atoms with E-state index in [4.69, 9.17) is 4.74 Å². The van der Waals surface area contributed by atoms with Crippen LogP contribution in [-0.2, 0) is 16.6 Å². The van der Waals surface area contributed by atoms with Crippen LogP contribution >= 0.6 is 0 Å². The van der Waals surface area contributed by atoms with E-state index in [0.717, 1.165) is 23.1 Å². The smallest absolute Gasteiger partial charge is 0.334 e. The molecule has 0 bridgehead atoms. The van der Waals surface area contributed by atoms with E-state index in [1.807, 2.05) is 57.4 Å². The lowest BCUT2D eigenvalue weighted by atomic mass is 9.95. The molecule has 1 saturated heterocycles. The fraction of sp³-hybridized carbons (Fsp3) is 0.333. The van der Waals surface area contributed by atoms with Crippen molar-refractivity contribution < 1.29 is 13.9 Å². The molecular weight excluding hydrogens is 473 g/mol. The summed E-state index contributed by atoms with van der Waals surface area (Å²) in [5.41, 5.74) is 2.82. The number of allylic oxidation sites excluding steroid dienone is 2. The summed E-state index contributed by atoms with van der Waals surface area (Å²) in [7, 11) is 1.82. The molecule has 10 heteroatoms. The average Bonchev–Trinajstić information content (AvgIpc) is 3.34. The van der Waals surface area contributed by atoms with E-state index in [0.29, 0.717) is 24.4 Å².